The van der Waals surface area contributed by atoms with Gasteiger partial charge in [-0.2, -0.15) is 0 Å². The number of hydrogen-bond acceptors (Lipinski definition) is 5. The van der Waals surface area contributed by atoms with E-state index in [0.717, 1.165) is 0 Å². The monoisotopic (exact) mass is 286 g/mol. The molecule has 0 saturated carbocycles. The van der Waals surface area contributed by atoms with Crippen molar-refractivity contribution in [2.75, 3.05) is 12.3 Å². The van der Waals surface area contributed by atoms with E-state index in [1.54, 1.807) is 12.1 Å². The maximum Gasteiger partial charge on any atom is 0.178 e. The molecule has 0 radical (unpaired) electrons. The van der Waals surface area contributed by atoms with E-state index in [1.807, 2.05) is 6.92 Å². The van der Waals surface area contributed by atoms with Crippen LogP contribution in [0.3, 0.4) is 0 Å². The molecule has 2 unspecified atom stereocenters. The number of hydrogen-bond donors (Lipinski definition) is 3. The molecule has 6 heteroatoms. The van der Waals surface area contributed by atoms with E-state index < -0.39 is 22.0 Å². The zero-order valence-corrected chi connectivity index (χ0v) is 11.9. The highest BCUT2D eigenvalue weighted by molar-refractivity contribution is 7.91. The zero-order valence-electron chi connectivity index (χ0n) is 11.1. The molecule has 108 valence electrons. The minimum absolute atomic E-state index is 0.127. The predicted molar refractivity (Wildman–Crippen MR) is 75.4 cm³/mol. The molecular weight excluding hydrogens is 264 g/mol. The molecule has 1 aromatic rings. The van der Waals surface area contributed by atoms with Gasteiger partial charge in [0.25, 0.3) is 0 Å². The first-order chi connectivity index (χ1) is 8.92. The predicted octanol–water partition coefficient (Wildman–Crippen LogP) is 0.580. The first-order valence-electron chi connectivity index (χ1n) is 6.38. The third-order valence-electron chi connectivity index (χ3n) is 2.96. The smallest absolute Gasteiger partial charge is 0.178 e. The van der Waals surface area contributed by atoms with Gasteiger partial charge in [0.05, 0.1) is 16.8 Å². The van der Waals surface area contributed by atoms with Crippen LogP contribution in [0.25, 0.3) is 0 Å². The summed E-state index contributed by atoms with van der Waals surface area (Å²) in [5.41, 5.74) is 11.8. The van der Waals surface area contributed by atoms with Crippen molar-refractivity contribution in [3.05, 3.63) is 29.8 Å². The lowest BCUT2D eigenvalue weighted by atomic mass is 10.0. The maximum absolute atomic E-state index is 11.8. The van der Waals surface area contributed by atoms with Crippen molar-refractivity contribution >= 4 is 9.84 Å². The Kier molecular flexibility index (Phi) is 5.93. The quantitative estimate of drug-likeness (QED) is 0.680. The van der Waals surface area contributed by atoms with Gasteiger partial charge in [-0.1, -0.05) is 19.1 Å². The zero-order chi connectivity index (χ0) is 14.5. The Morgan fingerprint density at radius 2 is 1.84 bits per heavy atom. The summed E-state index contributed by atoms with van der Waals surface area (Å²) in [6.45, 7) is 2.22. The molecule has 0 aliphatic rings. The molecule has 1 aromatic carbocycles. The maximum atomic E-state index is 11.8. The Hall–Kier alpha value is -0.950. The summed E-state index contributed by atoms with van der Waals surface area (Å²) in [7, 11) is -3.22. The summed E-state index contributed by atoms with van der Waals surface area (Å²) in [5.74, 6) is 0.127. The number of nitrogens with two attached hydrogens (primary N) is 2. The van der Waals surface area contributed by atoms with Gasteiger partial charge in [-0.05, 0) is 37.1 Å². The van der Waals surface area contributed by atoms with Crippen LogP contribution in [0.15, 0.2) is 29.2 Å². The molecule has 0 aliphatic carbocycles. The van der Waals surface area contributed by atoms with Gasteiger partial charge in [-0.15, -0.1) is 0 Å². The van der Waals surface area contributed by atoms with E-state index in [1.165, 1.54) is 12.1 Å². The lowest BCUT2D eigenvalue weighted by Gasteiger charge is -2.18. The lowest BCUT2D eigenvalue weighted by Crippen LogP contribution is -2.30. The number of aliphatic hydroxyl groups is 1. The number of aliphatic hydroxyl groups excluding tert-OH is 1. The Morgan fingerprint density at radius 1 is 1.26 bits per heavy atom. The van der Waals surface area contributed by atoms with Crippen molar-refractivity contribution in [2.24, 2.45) is 11.5 Å². The fourth-order valence-corrected chi connectivity index (χ4v) is 3.18. The lowest BCUT2D eigenvalue weighted by molar-refractivity contribution is 0.143. The molecule has 0 bridgehead atoms. The average Bonchev–Trinajstić information content (AvgIpc) is 2.38. The first-order valence-corrected chi connectivity index (χ1v) is 8.04. The molecule has 0 fully saturated rings. The van der Waals surface area contributed by atoms with Crippen molar-refractivity contribution in [1.82, 2.24) is 0 Å². The van der Waals surface area contributed by atoms with Crippen molar-refractivity contribution < 1.29 is 13.5 Å². The largest absolute Gasteiger partial charge is 0.387 e. The van der Waals surface area contributed by atoms with E-state index in [-0.39, 0.29) is 10.6 Å². The van der Waals surface area contributed by atoms with Crippen LogP contribution in [0.2, 0.25) is 0 Å². The van der Waals surface area contributed by atoms with E-state index in [4.69, 9.17) is 11.5 Å². The molecule has 0 heterocycles. The van der Waals surface area contributed by atoms with E-state index in [0.29, 0.717) is 24.9 Å². The van der Waals surface area contributed by atoms with Crippen LogP contribution in [0.1, 0.15) is 31.4 Å². The van der Waals surface area contributed by atoms with Gasteiger partial charge in [0.1, 0.15) is 0 Å². The highest BCUT2D eigenvalue weighted by Gasteiger charge is 2.18. The minimum atomic E-state index is -3.22. The fraction of sp³-hybridized carbons (Fsp3) is 0.538. The van der Waals surface area contributed by atoms with E-state index >= 15 is 0 Å². The number of sulfone groups is 1. The molecule has 5 N–H and O–H groups in total. The summed E-state index contributed by atoms with van der Waals surface area (Å²) in [6, 6.07) is 5.79. The molecule has 1 rings (SSSR count). The summed E-state index contributed by atoms with van der Waals surface area (Å²) >= 11 is 0. The van der Waals surface area contributed by atoms with Gasteiger partial charge < -0.3 is 16.6 Å². The van der Waals surface area contributed by atoms with Crippen LogP contribution < -0.4 is 11.5 Å². The topological polar surface area (TPSA) is 106 Å². The Morgan fingerprint density at radius 3 is 2.32 bits per heavy atom. The second-order valence-electron chi connectivity index (χ2n) is 4.57. The molecule has 0 amide bonds. The van der Waals surface area contributed by atoms with Crippen molar-refractivity contribution in [1.29, 1.82) is 0 Å². The summed E-state index contributed by atoms with van der Waals surface area (Å²) < 4.78 is 23.7. The minimum Gasteiger partial charge on any atom is -0.387 e. The van der Waals surface area contributed by atoms with E-state index in [2.05, 4.69) is 0 Å². The summed E-state index contributed by atoms with van der Waals surface area (Å²) in [4.78, 5) is 0.276. The van der Waals surface area contributed by atoms with Gasteiger partial charge in [0.2, 0.25) is 0 Å². The average molecular weight is 286 g/mol. The van der Waals surface area contributed by atoms with Crippen LogP contribution in [0, 0.1) is 0 Å². The van der Waals surface area contributed by atoms with Gasteiger partial charge in [-0.3, -0.25) is 0 Å². The van der Waals surface area contributed by atoms with E-state index in [9.17, 15) is 13.5 Å². The SMILES string of the molecule is CCCS(=O)(=O)c1ccc(C(O)C(N)CCN)cc1. The summed E-state index contributed by atoms with van der Waals surface area (Å²) in [5, 5.41) is 9.99. The first kappa shape index (κ1) is 16.1. The molecule has 2 atom stereocenters. The Balaban J connectivity index is 2.87. The molecular formula is C13H22N2O3S. The number of benzene rings is 1. The van der Waals surface area contributed by atoms with Gasteiger partial charge in [0, 0.05) is 6.04 Å². The molecule has 0 saturated heterocycles. The highest BCUT2D eigenvalue weighted by atomic mass is 32.2. The highest BCUT2D eigenvalue weighted by Crippen LogP contribution is 2.20. The molecule has 19 heavy (non-hydrogen) atoms. The van der Waals surface area contributed by atoms with Gasteiger partial charge in [-0.25, -0.2) is 8.42 Å². The van der Waals surface area contributed by atoms with Crippen LogP contribution in [0.4, 0.5) is 0 Å². The van der Waals surface area contributed by atoms with Gasteiger partial charge >= 0.3 is 0 Å². The fourth-order valence-electron chi connectivity index (χ4n) is 1.86. The third kappa shape index (κ3) is 4.28. The van der Waals surface area contributed by atoms with Gasteiger partial charge in [0.15, 0.2) is 9.84 Å². The third-order valence-corrected chi connectivity index (χ3v) is 4.90. The molecule has 0 aromatic heterocycles. The molecule has 5 nitrogen and oxygen atoms in total. The van der Waals surface area contributed by atoms with Crippen molar-refractivity contribution in [3.8, 4) is 0 Å². The van der Waals surface area contributed by atoms with Crippen LogP contribution in [-0.4, -0.2) is 31.9 Å². The Labute approximate surface area is 114 Å². The van der Waals surface area contributed by atoms with Crippen molar-refractivity contribution in [3.63, 3.8) is 0 Å². The normalized spacial score (nSPS) is 15.2. The van der Waals surface area contributed by atoms with Crippen LogP contribution in [0.5, 0.6) is 0 Å². The molecule has 0 aliphatic heterocycles. The second kappa shape index (κ2) is 7.00. The van der Waals surface area contributed by atoms with Crippen LogP contribution >= 0.6 is 0 Å². The second-order valence-corrected chi connectivity index (χ2v) is 6.68. The Bertz CT molecular complexity index is 485. The number of rotatable bonds is 7. The summed E-state index contributed by atoms with van der Waals surface area (Å²) in [6.07, 6.45) is 0.261. The molecule has 0 spiro atoms. The van der Waals surface area contributed by atoms with Crippen molar-refractivity contribution in [2.45, 2.75) is 36.8 Å². The van der Waals surface area contributed by atoms with Crippen LogP contribution in [-0.2, 0) is 9.84 Å². The standard InChI is InChI=1S/C13H22N2O3S/c1-2-9-19(17,18)11-5-3-10(4-6-11)13(16)12(15)7-8-14/h3-6,12-13,16H,2,7-9,14-15H2,1H3.